The van der Waals surface area contributed by atoms with E-state index in [4.69, 9.17) is 11.6 Å². The first-order valence-electron chi connectivity index (χ1n) is 6.04. The highest BCUT2D eigenvalue weighted by Crippen LogP contribution is 2.51. The largest absolute Gasteiger partial charge is 0.354 e. The van der Waals surface area contributed by atoms with E-state index >= 15 is 0 Å². The fourth-order valence-corrected chi connectivity index (χ4v) is 2.53. The average Bonchev–Trinajstić information content (AvgIpc) is 2.68. The number of halogens is 1. The third-order valence-corrected chi connectivity index (χ3v) is 3.47. The van der Waals surface area contributed by atoms with Gasteiger partial charge in [0.05, 0.1) is 5.38 Å². The van der Waals surface area contributed by atoms with Crippen molar-refractivity contribution in [1.29, 1.82) is 0 Å². The van der Waals surface area contributed by atoms with E-state index in [1.165, 1.54) is 0 Å². The maximum atomic E-state index is 11.7. The summed E-state index contributed by atoms with van der Waals surface area (Å²) in [4.78, 5) is 11.7. The molecule has 2 nitrogen and oxygen atoms in total. The minimum absolute atomic E-state index is 0.0332. The normalized spacial score (nSPS) is 25.0. The smallest absolute Gasteiger partial charge is 0.223 e. The lowest BCUT2D eigenvalue weighted by Gasteiger charge is -2.22. The first kappa shape index (κ1) is 13.8. The number of alkyl halides is 1. The molecule has 1 fully saturated rings. The zero-order chi connectivity index (χ0) is 12.6. The van der Waals surface area contributed by atoms with Crippen LogP contribution in [0.25, 0.3) is 0 Å². The highest BCUT2D eigenvalue weighted by Gasteiger charge is 2.50. The number of carbonyl (C=O) groups excluding carboxylic acids is 1. The van der Waals surface area contributed by atoms with Crippen LogP contribution in [-0.4, -0.2) is 17.8 Å². The lowest BCUT2D eigenvalue weighted by molar-refractivity contribution is -0.123. The summed E-state index contributed by atoms with van der Waals surface area (Å²) in [6, 6.07) is 0. The van der Waals surface area contributed by atoms with Gasteiger partial charge in [-0.05, 0) is 23.7 Å². The van der Waals surface area contributed by atoms with Gasteiger partial charge < -0.3 is 5.32 Å². The van der Waals surface area contributed by atoms with Crippen LogP contribution in [0.2, 0.25) is 0 Å². The molecule has 0 aromatic heterocycles. The van der Waals surface area contributed by atoms with Gasteiger partial charge in [-0.1, -0.05) is 34.6 Å². The molecule has 94 valence electrons. The van der Waals surface area contributed by atoms with Crippen molar-refractivity contribution < 1.29 is 4.79 Å². The molecule has 1 aliphatic carbocycles. The molecule has 0 bridgehead atoms. The van der Waals surface area contributed by atoms with Gasteiger partial charge in [-0.2, -0.15) is 0 Å². The van der Waals surface area contributed by atoms with Crippen molar-refractivity contribution >= 4 is 17.5 Å². The van der Waals surface area contributed by atoms with Gasteiger partial charge in [-0.25, -0.2) is 0 Å². The minimum Gasteiger partial charge on any atom is -0.354 e. The zero-order valence-electron chi connectivity index (χ0n) is 11.1. The number of rotatable bonds is 4. The van der Waals surface area contributed by atoms with Crippen molar-refractivity contribution in [2.75, 3.05) is 6.54 Å². The Morgan fingerprint density at radius 3 is 2.38 bits per heavy atom. The summed E-state index contributed by atoms with van der Waals surface area (Å²) < 4.78 is 0. The summed E-state index contributed by atoms with van der Waals surface area (Å²) in [5.74, 6) is 0.371. The predicted octanol–water partition coefficient (Wildman–Crippen LogP) is 3.19. The summed E-state index contributed by atoms with van der Waals surface area (Å²) in [5, 5.41) is 2.98. The molecule has 0 radical (unpaired) electrons. The summed E-state index contributed by atoms with van der Waals surface area (Å²) in [5.41, 5.74) is 0.423. The molecular formula is C13H24ClNO. The van der Waals surface area contributed by atoms with E-state index in [1.807, 2.05) is 0 Å². The summed E-state index contributed by atoms with van der Waals surface area (Å²) in [7, 11) is 0. The maximum absolute atomic E-state index is 11.7. The van der Waals surface area contributed by atoms with Crippen molar-refractivity contribution in [1.82, 2.24) is 5.32 Å². The van der Waals surface area contributed by atoms with Crippen LogP contribution in [0, 0.1) is 16.7 Å². The molecule has 2 unspecified atom stereocenters. The molecule has 0 heterocycles. The van der Waals surface area contributed by atoms with Gasteiger partial charge in [0, 0.05) is 12.5 Å². The fraction of sp³-hybridized carbons (Fsp3) is 0.923. The molecule has 2 atom stereocenters. The Morgan fingerprint density at radius 2 is 2.00 bits per heavy atom. The van der Waals surface area contributed by atoms with Crippen molar-refractivity contribution in [2.45, 2.75) is 52.8 Å². The molecule has 3 heteroatoms. The van der Waals surface area contributed by atoms with E-state index in [1.54, 1.807) is 0 Å². The predicted molar refractivity (Wildman–Crippen MR) is 68.6 cm³/mol. The average molecular weight is 246 g/mol. The number of hydrogen-bond donors (Lipinski definition) is 1. The standard InChI is InChI=1S/C13H24ClNO/c1-12(2,3)6-9(14)8-15-11(16)10-7-13(10,4)5/h9-10H,6-8H2,1-5H3,(H,15,16). The second-order valence-electron chi connectivity index (χ2n) is 6.85. The van der Waals surface area contributed by atoms with Gasteiger partial charge in [0.15, 0.2) is 0 Å². The highest BCUT2D eigenvalue weighted by atomic mass is 35.5. The molecule has 0 aliphatic heterocycles. The molecule has 0 aromatic rings. The van der Waals surface area contributed by atoms with E-state index in [0.717, 1.165) is 12.8 Å². The lowest BCUT2D eigenvalue weighted by Crippen LogP contribution is -2.33. The van der Waals surface area contributed by atoms with Crippen LogP contribution in [0.4, 0.5) is 0 Å². The zero-order valence-corrected chi connectivity index (χ0v) is 11.8. The van der Waals surface area contributed by atoms with Crippen LogP contribution in [0.5, 0.6) is 0 Å². The van der Waals surface area contributed by atoms with E-state index in [0.29, 0.717) is 6.54 Å². The number of hydrogen-bond acceptors (Lipinski definition) is 1. The Bertz CT molecular complexity index is 268. The second kappa shape index (κ2) is 4.56. The van der Waals surface area contributed by atoms with E-state index < -0.39 is 0 Å². The molecule has 0 spiro atoms. The Hall–Kier alpha value is -0.240. The Kier molecular flexibility index (Phi) is 3.94. The molecule has 1 rings (SSSR count). The fourth-order valence-electron chi connectivity index (χ4n) is 1.99. The minimum atomic E-state index is 0.0332. The summed E-state index contributed by atoms with van der Waals surface area (Å²) >= 11 is 6.19. The van der Waals surface area contributed by atoms with Gasteiger partial charge in [0.1, 0.15) is 0 Å². The molecule has 1 amide bonds. The van der Waals surface area contributed by atoms with Gasteiger partial charge in [-0.3, -0.25) is 4.79 Å². The first-order chi connectivity index (χ1) is 7.12. The third kappa shape index (κ3) is 4.32. The van der Waals surface area contributed by atoms with Gasteiger partial charge >= 0.3 is 0 Å². The maximum Gasteiger partial charge on any atom is 0.223 e. The van der Waals surface area contributed by atoms with Gasteiger partial charge in [0.2, 0.25) is 5.91 Å². The monoisotopic (exact) mass is 245 g/mol. The van der Waals surface area contributed by atoms with Crippen LogP contribution in [-0.2, 0) is 4.79 Å². The number of nitrogens with one attached hydrogen (secondary N) is 1. The topological polar surface area (TPSA) is 29.1 Å². The van der Waals surface area contributed by atoms with Gasteiger partial charge in [0.25, 0.3) is 0 Å². The van der Waals surface area contributed by atoms with Crippen LogP contribution in [0.3, 0.4) is 0 Å². The Morgan fingerprint density at radius 1 is 1.50 bits per heavy atom. The van der Waals surface area contributed by atoms with Crippen LogP contribution >= 0.6 is 11.6 Å². The summed E-state index contributed by atoms with van der Waals surface area (Å²) in [6.07, 6.45) is 1.92. The number of carbonyl (C=O) groups is 1. The number of amides is 1. The SMILES string of the molecule is CC(C)(C)CC(Cl)CNC(=O)C1CC1(C)C. The van der Waals surface area contributed by atoms with Crippen LogP contribution < -0.4 is 5.32 Å². The van der Waals surface area contributed by atoms with E-state index in [9.17, 15) is 4.79 Å². The molecular weight excluding hydrogens is 222 g/mol. The summed E-state index contributed by atoms with van der Waals surface area (Å²) in [6.45, 7) is 11.3. The first-order valence-corrected chi connectivity index (χ1v) is 6.47. The van der Waals surface area contributed by atoms with E-state index in [2.05, 4.69) is 39.9 Å². The van der Waals surface area contributed by atoms with Crippen LogP contribution in [0.1, 0.15) is 47.5 Å². The van der Waals surface area contributed by atoms with Crippen molar-refractivity contribution in [2.24, 2.45) is 16.7 Å². The molecule has 1 aliphatic rings. The molecule has 0 aromatic carbocycles. The second-order valence-corrected chi connectivity index (χ2v) is 7.47. The lowest BCUT2D eigenvalue weighted by atomic mass is 9.90. The highest BCUT2D eigenvalue weighted by molar-refractivity contribution is 6.20. The molecule has 1 saturated carbocycles. The van der Waals surface area contributed by atoms with Crippen molar-refractivity contribution in [3.8, 4) is 0 Å². The van der Waals surface area contributed by atoms with Crippen LogP contribution in [0.15, 0.2) is 0 Å². The van der Waals surface area contributed by atoms with Crippen molar-refractivity contribution in [3.05, 3.63) is 0 Å². The quantitative estimate of drug-likeness (QED) is 0.758. The third-order valence-electron chi connectivity index (χ3n) is 3.16. The van der Waals surface area contributed by atoms with Gasteiger partial charge in [-0.15, -0.1) is 11.6 Å². The Labute approximate surface area is 104 Å². The molecule has 0 saturated heterocycles. The molecule has 1 N–H and O–H groups in total. The Balaban J connectivity index is 2.23. The van der Waals surface area contributed by atoms with E-state index in [-0.39, 0.29) is 28.0 Å². The molecule has 16 heavy (non-hydrogen) atoms. The van der Waals surface area contributed by atoms with Crippen molar-refractivity contribution in [3.63, 3.8) is 0 Å².